The Morgan fingerprint density at radius 3 is 2.26 bits per heavy atom. The molecule has 1 heterocycles. The lowest BCUT2D eigenvalue weighted by molar-refractivity contribution is -0.186. The zero-order valence-corrected chi connectivity index (χ0v) is 14.7. The third kappa shape index (κ3) is 3.78. The number of rotatable bonds is 6. The monoisotopic (exact) mass is 317 g/mol. The number of nitrogens with zero attached hydrogens (tertiary/aromatic N) is 1. The fraction of sp³-hybridized carbons (Fsp3) is 0.700. The SMILES string of the molecule is CCCCN(C)CC1(c2ccccc2)CCC2(CC1)OCCO2. The highest BCUT2D eigenvalue weighted by Gasteiger charge is 2.47. The van der Waals surface area contributed by atoms with Crippen LogP contribution in [-0.4, -0.2) is 44.0 Å². The van der Waals surface area contributed by atoms with Gasteiger partial charge in [-0.3, -0.25) is 0 Å². The summed E-state index contributed by atoms with van der Waals surface area (Å²) in [6.45, 7) is 6.10. The molecule has 1 aliphatic heterocycles. The van der Waals surface area contributed by atoms with Gasteiger partial charge in [0, 0.05) is 24.8 Å². The Morgan fingerprint density at radius 1 is 1.00 bits per heavy atom. The summed E-state index contributed by atoms with van der Waals surface area (Å²) in [4.78, 5) is 2.52. The van der Waals surface area contributed by atoms with Crippen LogP contribution in [0, 0.1) is 0 Å². The van der Waals surface area contributed by atoms with Crippen molar-refractivity contribution in [3.05, 3.63) is 35.9 Å². The second-order valence-electron chi connectivity index (χ2n) is 7.35. The second-order valence-corrected chi connectivity index (χ2v) is 7.35. The van der Waals surface area contributed by atoms with Gasteiger partial charge in [-0.2, -0.15) is 0 Å². The van der Waals surface area contributed by atoms with Gasteiger partial charge in [-0.05, 0) is 38.4 Å². The van der Waals surface area contributed by atoms with Crippen LogP contribution in [0.5, 0.6) is 0 Å². The number of ether oxygens (including phenoxy) is 2. The van der Waals surface area contributed by atoms with E-state index in [9.17, 15) is 0 Å². The Bertz CT molecular complexity index is 472. The molecule has 0 unspecified atom stereocenters. The maximum Gasteiger partial charge on any atom is 0.168 e. The molecule has 3 heteroatoms. The summed E-state index contributed by atoms with van der Waals surface area (Å²) in [5, 5.41) is 0. The summed E-state index contributed by atoms with van der Waals surface area (Å²) in [6, 6.07) is 11.1. The average Bonchev–Trinajstić information content (AvgIpc) is 3.05. The standard InChI is InChI=1S/C20H31NO2/c1-3-4-14-21(2)17-19(18-8-6-5-7-9-18)10-12-20(13-11-19)22-15-16-23-20/h5-9H,3-4,10-17H2,1-2H3. The molecule has 0 amide bonds. The van der Waals surface area contributed by atoms with Crippen LogP contribution in [0.1, 0.15) is 51.0 Å². The summed E-state index contributed by atoms with van der Waals surface area (Å²) in [7, 11) is 2.27. The summed E-state index contributed by atoms with van der Waals surface area (Å²) in [5.74, 6) is -0.278. The van der Waals surface area contributed by atoms with Crippen molar-refractivity contribution in [2.24, 2.45) is 0 Å². The van der Waals surface area contributed by atoms with E-state index in [1.165, 1.54) is 24.9 Å². The smallest absolute Gasteiger partial charge is 0.168 e. The van der Waals surface area contributed by atoms with E-state index in [2.05, 4.69) is 49.2 Å². The Hall–Kier alpha value is -0.900. The number of likely N-dealkylation sites (N-methyl/N-ethyl adjacent to an activating group) is 1. The minimum absolute atomic E-state index is 0.240. The van der Waals surface area contributed by atoms with E-state index in [1.807, 2.05) is 0 Å². The number of hydrogen-bond acceptors (Lipinski definition) is 3. The molecule has 0 radical (unpaired) electrons. The Balaban J connectivity index is 1.75. The fourth-order valence-electron chi connectivity index (χ4n) is 4.25. The van der Waals surface area contributed by atoms with Gasteiger partial charge in [-0.25, -0.2) is 0 Å². The van der Waals surface area contributed by atoms with Crippen LogP contribution in [0.15, 0.2) is 30.3 Å². The molecule has 0 N–H and O–H groups in total. The van der Waals surface area contributed by atoms with Crippen molar-refractivity contribution in [1.29, 1.82) is 0 Å². The number of unbranched alkanes of at least 4 members (excludes halogenated alkanes) is 1. The van der Waals surface area contributed by atoms with E-state index in [0.29, 0.717) is 0 Å². The molecule has 0 aromatic heterocycles. The Labute approximate surface area is 141 Å². The molecule has 2 fully saturated rings. The third-order valence-corrected chi connectivity index (χ3v) is 5.63. The second kappa shape index (κ2) is 7.33. The van der Waals surface area contributed by atoms with Gasteiger partial charge >= 0.3 is 0 Å². The van der Waals surface area contributed by atoms with E-state index in [-0.39, 0.29) is 11.2 Å². The molecule has 1 saturated heterocycles. The molecule has 3 rings (SSSR count). The molecule has 1 spiro atoms. The van der Waals surface area contributed by atoms with Crippen molar-refractivity contribution in [3.8, 4) is 0 Å². The first-order valence-electron chi connectivity index (χ1n) is 9.20. The van der Waals surface area contributed by atoms with Gasteiger partial charge in [0.25, 0.3) is 0 Å². The normalized spacial score (nSPS) is 22.7. The first-order chi connectivity index (χ1) is 11.2. The van der Waals surface area contributed by atoms with Gasteiger partial charge in [0.2, 0.25) is 0 Å². The van der Waals surface area contributed by atoms with Crippen LogP contribution >= 0.6 is 0 Å². The van der Waals surface area contributed by atoms with Gasteiger partial charge < -0.3 is 14.4 Å². The predicted octanol–water partition coefficient (Wildman–Crippen LogP) is 3.97. The molecule has 0 bridgehead atoms. The topological polar surface area (TPSA) is 21.7 Å². The quantitative estimate of drug-likeness (QED) is 0.792. The van der Waals surface area contributed by atoms with E-state index in [0.717, 1.165) is 45.4 Å². The van der Waals surface area contributed by atoms with Crippen molar-refractivity contribution in [3.63, 3.8) is 0 Å². The van der Waals surface area contributed by atoms with Crippen molar-refractivity contribution in [1.82, 2.24) is 4.90 Å². The lowest BCUT2D eigenvalue weighted by atomic mass is 9.67. The van der Waals surface area contributed by atoms with Crippen molar-refractivity contribution >= 4 is 0 Å². The minimum atomic E-state index is -0.278. The van der Waals surface area contributed by atoms with Gasteiger partial charge in [-0.1, -0.05) is 43.7 Å². The maximum absolute atomic E-state index is 5.94. The molecule has 1 aliphatic carbocycles. The predicted molar refractivity (Wildman–Crippen MR) is 93.6 cm³/mol. The van der Waals surface area contributed by atoms with Crippen LogP contribution < -0.4 is 0 Å². The van der Waals surface area contributed by atoms with E-state index in [1.54, 1.807) is 0 Å². The lowest BCUT2D eigenvalue weighted by Gasteiger charge is -2.46. The highest BCUT2D eigenvalue weighted by atomic mass is 16.7. The van der Waals surface area contributed by atoms with Gasteiger partial charge in [-0.15, -0.1) is 0 Å². The largest absolute Gasteiger partial charge is 0.348 e. The highest BCUT2D eigenvalue weighted by molar-refractivity contribution is 5.27. The molecular formula is C20H31NO2. The molecule has 1 aromatic carbocycles. The van der Waals surface area contributed by atoms with Crippen LogP contribution in [0.2, 0.25) is 0 Å². The van der Waals surface area contributed by atoms with Crippen molar-refractivity contribution < 1.29 is 9.47 Å². The molecular weight excluding hydrogens is 286 g/mol. The van der Waals surface area contributed by atoms with E-state index in [4.69, 9.17) is 9.47 Å². The van der Waals surface area contributed by atoms with Crippen molar-refractivity contribution in [2.75, 3.05) is 33.4 Å². The summed E-state index contributed by atoms with van der Waals surface area (Å²) >= 11 is 0. The molecule has 3 nitrogen and oxygen atoms in total. The van der Waals surface area contributed by atoms with Crippen LogP contribution in [0.4, 0.5) is 0 Å². The summed E-state index contributed by atoms with van der Waals surface area (Å²) < 4.78 is 11.9. The average molecular weight is 317 g/mol. The van der Waals surface area contributed by atoms with Gasteiger partial charge in [0.15, 0.2) is 5.79 Å². The zero-order chi connectivity index (χ0) is 16.2. The first kappa shape index (κ1) is 16.9. The van der Waals surface area contributed by atoms with E-state index >= 15 is 0 Å². The number of benzene rings is 1. The lowest BCUT2D eigenvalue weighted by Crippen LogP contribution is -2.47. The molecule has 128 valence electrons. The van der Waals surface area contributed by atoms with Gasteiger partial charge in [0.05, 0.1) is 13.2 Å². The Kier molecular flexibility index (Phi) is 5.40. The summed E-state index contributed by atoms with van der Waals surface area (Å²) in [6.07, 6.45) is 6.86. The highest BCUT2D eigenvalue weighted by Crippen LogP contribution is 2.46. The number of hydrogen-bond donors (Lipinski definition) is 0. The zero-order valence-electron chi connectivity index (χ0n) is 14.7. The van der Waals surface area contributed by atoms with E-state index < -0.39 is 0 Å². The van der Waals surface area contributed by atoms with Crippen LogP contribution in [0.25, 0.3) is 0 Å². The fourth-order valence-corrected chi connectivity index (χ4v) is 4.25. The molecule has 2 aliphatic rings. The van der Waals surface area contributed by atoms with Crippen molar-refractivity contribution in [2.45, 2.75) is 56.7 Å². The minimum Gasteiger partial charge on any atom is -0.348 e. The molecule has 1 aromatic rings. The first-order valence-corrected chi connectivity index (χ1v) is 9.20. The van der Waals surface area contributed by atoms with Gasteiger partial charge in [0.1, 0.15) is 0 Å². The summed E-state index contributed by atoms with van der Waals surface area (Å²) in [5.41, 5.74) is 1.72. The van der Waals surface area contributed by atoms with Crippen LogP contribution in [0.3, 0.4) is 0 Å². The maximum atomic E-state index is 5.94. The van der Waals surface area contributed by atoms with Crippen LogP contribution in [-0.2, 0) is 14.9 Å². The third-order valence-electron chi connectivity index (χ3n) is 5.63. The molecule has 1 saturated carbocycles. The Morgan fingerprint density at radius 2 is 1.65 bits per heavy atom. The molecule has 0 atom stereocenters. The molecule has 23 heavy (non-hydrogen) atoms.